The van der Waals surface area contributed by atoms with E-state index in [9.17, 15) is 4.79 Å². The normalized spacial score (nSPS) is 12.2. The van der Waals surface area contributed by atoms with Gasteiger partial charge in [-0.2, -0.15) is 0 Å². The molecule has 1 atom stereocenters. The van der Waals surface area contributed by atoms with Crippen LogP contribution < -0.4 is 11.3 Å². The summed E-state index contributed by atoms with van der Waals surface area (Å²) >= 11 is 7.31. The van der Waals surface area contributed by atoms with E-state index < -0.39 is 0 Å². The van der Waals surface area contributed by atoms with Gasteiger partial charge in [0, 0.05) is 4.90 Å². The van der Waals surface area contributed by atoms with Gasteiger partial charge in [0.25, 0.3) is 0 Å². The SMILES string of the molecule is CC(Sc1ccccc1Cl)C(=O)NN. The Morgan fingerprint density at radius 3 is 2.79 bits per heavy atom. The molecule has 0 aliphatic carbocycles. The summed E-state index contributed by atoms with van der Waals surface area (Å²) in [6.45, 7) is 1.77. The molecule has 5 heteroatoms. The van der Waals surface area contributed by atoms with Gasteiger partial charge in [0.1, 0.15) is 0 Å². The van der Waals surface area contributed by atoms with Crippen LogP contribution in [0.3, 0.4) is 0 Å². The molecule has 1 amide bonds. The Morgan fingerprint density at radius 1 is 1.57 bits per heavy atom. The second-order valence-corrected chi connectivity index (χ2v) is 4.49. The lowest BCUT2D eigenvalue weighted by Crippen LogP contribution is -2.36. The second kappa shape index (κ2) is 5.24. The van der Waals surface area contributed by atoms with Crippen LogP contribution >= 0.6 is 23.4 Å². The standard InChI is InChI=1S/C9H11ClN2OS/c1-6(9(13)12-11)14-8-5-3-2-4-7(8)10/h2-6H,11H2,1H3,(H,12,13). The van der Waals surface area contributed by atoms with Gasteiger partial charge in [-0.25, -0.2) is 5.84 Å². The van der Waals surface area contributed by atoms with Crippen LogP contribution in [0.2, 0.25) is 5.02 Å². The van der Waals surface area contributed by atoms with Crippen molar-refractivity contribution in [3.05, 3.63) is 29.3 Å². The van der Waals surface area contributed by atoms with Crippen molar-refractivity contribution >= 4 is 29.3 Å². The molecule has 0 aliphatic heterocycles. The maximum Gasteiger partial charge on any atom is 0.247 e. The average molecular weight is 231 g/mol. The van der Waals surface area contributed by atoms with Crippen molar-refractivity contribution in [3.8, 4) is 0 Å². The number of thioether (sulfide) groups is 1. The van der Waals surface area contributed by atoms with Gasteiger partial charge in [0.15, 0.2) is 0 Å². The minimum Gasteiger partial charge on any atom is -0.293 e. The van der Waals surface area contributed by atoms with Crippen LogP contribution in [-0.2, 0) is 4.79 Å². The minimum absolute atomic E-state index is 0.213. The second-order valence-electron chi connectivity index (χ2n) is 2.70. The highest BCUT2D eigenvalue weighted by Gasteiger charge is 2.13. The molecule has 3 nitrogen and oxygen atoms in total. The van der Waals surface area contributed by atoms with Gasteiger partial charge in [-0.1, -0.05) is 23.7 Å². The molecule has 14 heavy (non-hydrogen) atoms. The largest absolute Gasteiger partial charge is 0.293 e. The maximum atomic E-state index is 11.1. The number of benzene rings is 1. The number of hydrogen-bond acceptors (Lipinski definition) is 3. The molecule has 76 valence electrons. The van der Waals surface area contributed by atoms with Crippen molar-refractivity contribution in [1.29, 1.82) is 0 Å². The third-order valence-corrected chi connectivity index (χ3v) is 3.27. The van der Waals surface area contributed by atoms with Crippen LogP contribution in [0.5, 0.6) is 0 Å². The fourth-order valence-electron chi connectivity index (χ4n) is 0.902. The summed E-state index contributed by atoms with van der Waals surface area (Å²) in [6.07, 6.45) is 0. The number of nitrogens with one attached hydrogen (secondary N) is 1. The number of halogens is 1. The molecular formula is C9H11ClN2OS. The highest BCUT2D eigenvalue weighted by molar-refractivity contribution is 8.00. The van der Waals surface area contributed by atoms with E-state index in [1.165, 1.54) is 11.8 Å². The molecule has 0 fully saturated rings. The Kier molecular flexibility index (Phi) is 4.25. The Hall–Kier alpha value is -0.710. The summed E-state index contributed by atoms with van der Waals surface area (Å²) in [5, 5.41) is 0.397. The molecule has 0 heterocycles. The fourth-order valence-corrected chi connectivity index (χ4v) is 2.06. The number of carbonyl (C=O) groups excluding carboxylic acids is 1. The molecule has 0 saturated heterocycles. The lowest BCUT2D eigenvalue weighted by Gasteiger charge is -2.09. The van der Waals surface area contributed by atoms with Crippen LogP contribution in [0, 0.1) is 0 Å². The van der Waals surface area contributed by atoms with Crippen molar-refractivity contribution in [1.82, 2.24) is 5.43 Å². The Balaban J connectivity index is 2.69. The van der Waals surface area contributed by atoms with E-state index in [2.05, 4.69) is 5.43 Å². The third kappa shape index (κ3) is 2.90. The molecular weight excluding hydrogens is 220 g/mol. The summed E-state index contributed by atoms with van der Waals surface area (Å²) in [7, 11) is 0. The van der Waals surface area contributed by atoms with Gasteiger partial charge < -0.3 is 0 Å². The first-order valence-electron chi connectivity index (χ1n) is 4.06. The molecule has 0 saturated carbocycles. The molecule has 3 N–H and O–H groups in total. The van der Waals surface area contributed by atoms with Crippen LogP contribution in [-0.4, -0.2) is 11.2 Å². The smallest absolute Gasteiger partial charge is 0.247 e. The highest BCUT2D eigenvalue weighted by atomic mass is 35.5. The fraction of sp³-hybridized carbons (Fsp3) is 0.222. The molecule has 0 bridgehead atoms. The summed E-state index contributed by atoms with van der Waals surface area (Å²) in [5.74, 6) is 4.81. The van der Waals surface area contributed by atoms with E-state index in [-0.39, 0.29) is 11.2 Å². The molecule has 1 unspecified atom stereocenters. The summed E-state index contributed by atoms with van der Waals surface area (Å²) in [5.41, 5.74) is 2.10. The molecule has 1 aromatic carbocycles. The van der Waals surface area contributed by atoms with E-state index in [1.54, 1.807) is 13.0 Å². The number of nitrogens with two attached hydrogens (primary N) is 1. The van der Waals surface area contributed by atoms with E-state index in [1.807, 2.05) is 18.2 Å². The summed E-state index contributed by atoms with van der Waals surface area (Å²) in [4.78, 5) is 12.0. The molecule has 1 aromatic rings. The van der Waals surface area contributed by atoms with Gasteiger partial charge in [-0.05, 0) is 19.1 Å². The van der Waals surface area contributed by atoms with Gasteiger partial charge in [0.2, 0.25) is 5.91 Å². The lowest BCUT2D eigenvalue weighted by molar-refractivity contribution is -0.120. The van der Waals surface area contributed by atoms with E-state index in [0.717, 1.165) is 4.90 Å². The van der Waals surface area contributed by atoms with E-state index >= 15 is 0 Å². The molecule has 0 aliphatic rings. The van der Waals surface area contributed by atoms with Crippen LogP contribution in [0.4, 0.5) is 0 Å². The van der Waals surface area contributed by atoms with Crippen molar-refractivity contribution in [2.45, 2.75) is 17.1 Å². The van der Waals surface area contributed by atoms with Crippen molar-refractivity contribution in [2.24, 2.45) is 5.84 Å². The van der Waals surface area contributed by atoms with E-state index in [0.29, 0.717) is 5.02 Å². The number of amides is 1. The first-order valence-corrected chi connectivity index (χ1v) is 5.32. The predicted octanol–water partition coefficient (Wildman–Crippen LogP) is 1.81. The van der Waals surface area contributed by atoms with Gasteiger partial charge in [-0.3, -0.25) is 10.2 Å². The molecule has 0 spiro atoms. The van der Waals surface area contributed by atoms with Crippen LogP contribution in [0.1, 0.15) is 6.92 Å². The topological polar surface area (TPSA) is 55.1 Å². The number of carbonyl (C=O) groups is 1. The quantitative estimate of drug-likeness (QED) is 0.360. The first kappa shape index (κ1) is 11.4. The first-order chi connectivity index (χ1) is 6.65. The monoisotopic (exact) mass is 230 g/mol. The third-order valence-electron chi connectivity index (χ3n) is 1.65. The average Bonchev–Trinajstić information content (AvgIpc) is 2.20. The Labute approximate surface area is 92.0 Å². The highest BCUT2D eigenvalue weighted by Crippen LogP contribution is 2.29. The number of hydrogen-bond donors (Lipinski definition) is 2. The van der Waals surface area contributed by atoms with Crippen molar-refractivity contribution in [2.75, 3.05) is 0 Å². The van der Waals surface area contributed by atoms with E-state index in [4.69, 9.17) is 17.4 Å². The van der Waals surface area contributed by atoms with Gasteiger partial charge in [0.05, 0.1) is 10.3 Å². The predicted molar refractivity (Wildman–Crippen MR) is 59.1 cm³/mol. The zero-order chi connectivity index (χ0) is 10.6. The summed E-state index contributed by atoms with van der Waals surface area (Å²) < 4.78 is 0. The van der Waals surface area contributed by atoms with Crippen LogP contribution in [0.25, 0.3) is 0 Å². The molecule has 0 aromatic heterocycles. The van der Waals surface area contributed by atoms with Crippen LogP contribution in [0.15, 0.2) is 29.2 Å². The molecule has 0 radical (unpaired) electrons. The Morgan fingerprint density at radius 2 is 2.21 bits per heavy atom. The van der Waals surface area contributed by atoms with Gasteiger partial charge in [-0.15, -0.1) is 11.8 Å². The zero-order valence-corrected chi connectivity index (χ0v) is 9.23. The van der Waals surface area contributed by atoms with Crippen molar-refractivity contribution in [3.63, 3.8) is 0 Å². The minimum atomic E-state index is -0.250. The zero-order valence-electron chi connectivity index (χ0n) is 7.66. The summed E-state index contributed by atoms with van der Waals surface area (Å²) in [6, 6.07) is 7.38. The maximum absolute atomic E-state index is 11.1. The van der Waals surface area contributed by atoms with Crippen molar-refractivity contribution < 1.29 is 4.79 Å². The Bertz CT molecular complexity index is 332. The van der Waals surface area contributed by atoms with Gasteiger partial charge >= 0.3 is 0 Å². The lowest BCUT2D eigenvalue weighted by atomic mass is 10.4. The molecule has 1 rings (SSSR count). The number of hydrazine groups is 1. The number of rotatable bonds is 3.